The van der Waals surface area contributed by atoms with Crippen LogP contribution in [0.15, 0.2) is 24.3 Å². The first-order chi connectivity index (χ1) is 8.25. The molecule has 0 bridgehead atoms. The van der Waals surface area contributed by atoms with E-state index in [1.165, 1.54) is 36.9 Å². The third kappa shape index (κ3) is 3.83. The van der Waals surface area contributed by atoms with Gasteiger partial charge in [-0.3, -0.25) is 0 Å². The molecule has 1 heterocycles. The second kappa shape index (κ2) is 6.18. The van der Waals surface area contributed by atoms with Crippen molar-refractivity contribution in [3.63, 3.8) is 0 Å². The van der Waals surface area contributed by atoms with Crippen molar-refractivity contribution in [3.8, 4) is 0 Å². The molecule has 1 unspecified atom stereocenters. The Morgan fingerprint density at radius 1 is 1.29 bits per heavy atom. The zero-order valence-corrected chi connectivity index (χ0v) is 11.1. The van der Waals surface area contributed by atoms with Crippen LogP contribution in [0.5, 0.6) is 0 Å². The van der Waals surface area contributed by atoms with Crippen molar-refractivity contribution in [1.82, 2.24) is 10.2 Å². The van der Waals surface area contributed by atoms with E-state index in [0.29, 0.717) is 6.04 Å². The molecule has 0 radical (unpaired) electrons. The van der Waals surface area contributed by atoms with Crippen molar-refractivity contribution in [2.45, 2.75) is 38.8 Å². The summed E-state index contributed by atoms with van der Waals surface area (Å²) in [5.41, 5.74) is 2.85. The second-order valence-corrected chi connectivity index (χ2v) is 5.27. The number of aryl methyl sites for hydroxylation is 1. The number of nitrogens with zero attached hydrogens (tertiary/aromatic N) is 1. The van der Waals surface area contributed by atoms with Crippen LogP contribution < -0.4 is 5.32 Å². The minimum Gasteiger partial charge on any atom is -0.313 e. The molecule has 1 fully saturated rings. The number of hydrogen-bond acceptors (Lipinski definition) is 2. The summed E-state index contributed by atoms with van der Waals surface area (Å²) in [6, 6.07) is 9.37. The SMILES string of the molecule is Cc1ccccc1CN(C)CC1CCCCN1. The predicted molar refractivity (Wildman–Crippen MR) is 73.2 cm³/mol. The van der Waals surface area contributed by atoms with Gasteiger partial charge in [-0.05, 0) is 44.5 Å². The van der Waals surface area contributed by atoms with E-state index in [-0.39, 0.29) is 0 Å². The van der Waals surface area contributed by atoms with Crippen molar-refractivity contribution < 1.29 is 0 Å². The Hall–Kier alpha value is -0.860. The first kappa shape index (κ1) is 12.6. The van der Waals surface area contributed by atoms with Crippen LogP contribution in [-0.4, -0.2) is 31.1 Å². The molecule has 1 aromatic rings. The lowest BCUT2D eigenvalue weighted by Crippen LogP contribution is -2.42. The Morgan fingerprint density at radius 2 is 2.12 bits per heavy atom. The molecule has 0 saturated carbocycles. The van der Waals surface area contributed by atoms with Gasteiger partial charge in [0.15, 0.2) is 0 Å². The lowest BCUT2D eigenvalue weighted by Gasteiger charge is -2.28. The molecule has 1 atom stereocenters. The molecule has 1 aromatic carbocycles. The van der Waals surface area contributed by atoms with E-state index in [9.17, 15) is 0 Å². The fraction of sp³-hybridized carbons (Fsp3) is 0.600. The summed E-state index contributed by atoms with van der Waals surface area (Å²) in [5, 5.41) is 3.61. The average molecular weight is 232 g/mol. The minimum absolute atomic E-state index is 0.692. The van der Waals surface area contributed by atoms with E-state index in [1.54, 1.807) is 0 Å². The van der Waals surface area contributed by atoms with Gasteiger partial charge in [0.25, 0.3) is 0 Å². The molecule has 0 aliphatic carbocycles. The van der Waals surface area contributed by atoms with Crippen LogP contribution in [-0.2, 0) is 6.54 Å². The molecule has 0 aromatic heterocycles. The Kier molecular flexibility index (Phi) is 4.57. The molecule has 94 valence electrons. The van der Waals surface area contributed by atoms with E-state index in [4.69, 9.17) is 0 Å². The maximum atomic E-state index is 3.61. The van der Waals surface area contributed by atoms with Crippen molar-refractivity contribution in [2.24, 2.45) is 0 Å². The maximum Gasteiger partial charge on any atom is 0.0233 e. The van der Waals surface area contributed by atoms with Crippen molar-refractivity contribution in [2.75, 3.05) is 20.1 Å². The maximum absolute atomic E-state index is 3.61. The second-order valence-electron chi connectivity index (χ2n) is 5.27. The highest BCUT2D eigenvalue weighted by Crippen LogP contribution is 2.12. The van der Waals surface area contributed by atoms with E-state index in [1.807, 2.05) is 0 Å². The first-order valence-corrected chi connectivity index (χ1v) is 6.72. The van der Waals surface area contributed by atoms with Crippen molar-refractivity contribution in [1.29, 1.82) is 0 Å². The van der Waals surface area contributed by atoms with Gasteiger partial charge in [0, 0.05) is 19.1 Å². The normalized spacial score (nSPS) is 20.8. The highest BCUT2D eigenvalue weighted by Gasteiger charge is 2.14. The molecular weight excluding hydrogens is 208 g/mol. The Bertz CT molecular complexity index is 343. The van der Waals surface area contributed by atoms with Gasteiger partial charge < -0.3 is 10.2 Å². The summed E-state index contributed by atoms with van der Waals surface area (Å²) in [7, 11) is 2.22. The van der Waals surface area contributed by atoms with Gasteiger partial charge in [0.1, 0.15) is 0 Å². The molecule has 1 aliphatic heterocycles. The summed E-state index contributed by atoms with van der Waals surface area (Å²) in [4.78, 5) is 2.44. The van der Waals surface area contributed by atoms with Gasteiger partial charge in [0.2, 0.25) is 0 Å². The summed E-state index contributed by atoms with van der Waals surface area (Å²) in [6.07, 6.45) is 4.06. The van der Waals surface area contributed by atoms with Crippen LogP contribution in [0, 0.1) is 6.92 Å². The molecule has 1 saturated heterocycles. The topological polar surface area (TPSA) is 15.3 Å². The third-order valence-corrected chi connectivity index (χ3v) is 3.65. The van der Waals surface area contributed by atoms with Crippen molar-refractivity contribution >= 4 is 0 Å². The molecule has 2 heteroatoms. The average Bonchev–Trinajstić information content (AvgIpc) is 2.33. The highest BCUT2D eigenvalue weighted by molar-refractivity contribution is 5.25. The number of hydrogen-bond donors (Lipinski definition) is 1. The van der Waals surface area contributed by atoms with Gasteiger partial charge in [-0.1, -0.05) is 30.7 Å². The van der Waals surface area contributed by atoms with Crippen LogP contribution in [0.4, 0.5) is 0 Å². The third-order valence-electron chi connectivity index (χ3n) is 3.65. The number of piperidine rings is 1. The van der Waals surface area contributed by atoms with Crippen LogP contribution >= 0.6 is 0 Å². The fourth-order valence-corrected chi connectivity index (χ4v) is 2.60. The largest absolute Gasteiger partial charge is 0.313 e. The fourth-order valence-electron chi connectivity index (χ4n) is 2.60. The minimum atomic E-state index is 0.692. The number of likely N-dealkylation sites (N-methyl/N-ethyl adjacent to an activating group) is 1. The monoisotopic (exact) mass is 232 g/mol. The van der Waals surface area contributed by atoms with Gasteiger partial charge in [-0.15, -0.1) is 0 Å². The number of benzene rings is 1. The molecule has 0 spiro atoms. The molecule has 17 heavy (non-hydrogen) atoms. The lowest BCUT2D eigenvalue weighted by molar-refractivity contribution is 0.256. The number of rotatable bonds is 4. The van der Waals surface area contributed by atoms with Crippen molar-refractivity contribution in [3.05, 3.63) is 35.4 Å². The summed E-state index contributed by atoms with van der Waals surface area (Å²) >= 11 is 0. The molecule has 0 amide bonds. The number of nitrogens with one attached hydrogen (secondary N) is 1. The predicted octanol–water partition coefficient (Wildman–Crippen LogP) is 2.57. The van der Waals surface area contributed by atoms with Crippen LogP contribution in [0.1, 0.15) is 30.4 Å². The summed E-state index contributed by atoms with van der Waals surface area (Å²) < 4.78 is 0. The first-order valence-electron chi connectivity index (χ1n) is 6.72. The lowest BCUT2D eigenvalue weighted by atomic mass is 10.0. The van der Waals surface area contributed by atoms with E-state index in [2.05, 4.69) is 48.5 Å². The molecular formula is C15H24N2. The highest BCUT2D eigenvalue weighted by atomic mass is 15.1. The molecule has 2 rings (SSSR count). The standard InChI is InChI=1S/C15H24N2/c1-13-7-3-4-8-14(13)11-17(2)12-15-9-5-6-10-16-15/h3-4,7-8,15-16H,5-6,9-12H2,1-2H3. The van der Waals surface area contributed by atoms with Crippen LogP contribution in [0.3, 0.4) is 0 Å². The zero-order valence-electron chi connectivity index (χ0n) is 11.1. The Balaban J connectivity index is 1.84. The van der Waals surface area contributed by atoms with E-state index in [0.717, 1.165) is 13.1 Å². The van der Waals surface area contributed by atoms with E-state index < -0.39 is 0 Å². The molecule has 1 N–H and O–H groups in total. The van der Waals surface area contributed by atoms with Crippen LogP contribution in [0.25, 0.3) is 0 Å². The quantitative estimate of drug-likeness (QED) is 0.858. The van der Waals surface area contributed by atoms with Gasteiger partial charge in [-0.2, -0.15) is 0 Å². The van der Waals surface area contributed by atoms with Gasteiger partial charge in [0.05, 0.1) is 0 Å². The Morgan fingerprint density at radius 3 is 2.82 bits per heavy atom. The van der Waals surface area contributed by atoms with E-state index >= 15 is 0 Å². The smallest absolute Gasteiger partial charge is 0.0233 e. The van der Waals surface area contributed by atoms with Gasteiger partial charge >= 0.3 is 0 Å². The van der Waals surface area contributed by atoms with Crippen LogP contribution in [0.2, 0.25) is 0 Å². The summed E-state index contributed by atoms with van der Waals surface area (Å²) in [6.45, 7) is 5.62. The Labute approximate surface area is 105 Å². The molecule has 1 aliphatic rings. The summed E-state index contributed by atoms with van der Waals surface area (Å²) in [5.74, 6) is 0. The van der Waals surface area contributed by atoms with Gasteiger partial charge in [-0.25, -0.2) is 0 Å². The molecule has 2 nitrogen and oxygen atoms in total. The zero-order chi connectivity index (χ0) is 12.1.